The highest BCUT2D eigenvalue weighted by atomic mass is 35.5. The minimum atomic E-state index is -0.0979. The molecule has 0 radical (unpaired) electrons. The maximum absolute atomic E-state index is 6.20. The second-order valence-electron chi connectivity index (χ2n) is 7.22. The molecule has 2 aliphatic heterocycles. The Hall–Kier alpha value is -1.59. The monoisotopic (exact) mass is 357 g/mol. The van der Waals surface area contributed by atoms with Gasteiger partial charge < -0.3 is 5.43 Å². The van der Waals surface area contributed by atoms with Crippen LogP contribution < -0.4 is 10.9 Å². The summed E-state index contributed by atoms with van der Waals surface area (Å²) in [6.45, 7) is 2.28. The summed E-state index contributed by atoms with van der Waals surface area (Å²) in [6, 6.07) is 16.7. The molecular formula is C20H24ClN3O. The molecule has 3 unspecified atom stereocenters. The number of para-hydroxylation sites is 1. The summed E-state index contributed by atoms with van der Waals surface area (Å²) in [6.07, 6.45) is 3.10. The first kappa shape index (κ1) is 16.9. The summed E-state index contributed by atoms with van der Waals surface area (Å²) in [7, 11) is 2.04. The van der Waals surface area contributed by atoms with Crippen LogP contribution in [0, 0.1) is 0 Å². The predicted molar refractivity (Wildman–Crippen MR) is 101 cm³/mol. The summed E-state index contributed by atoms with van der Waals surface area (Å²) >= 11 is 6.02. The molecule has 2 heterocycles. The summed E-state index contributed by atoms with van der Waals surface area (Å²) in [5.74, 6) is 0. The van der Waals surface area contributed by atoms with E-state index in [1.54, 1.807) is 0 Å². The van der Waals surface area contributed by atoms with Gasteiger partial charge in [-0.3, -0.25) is 4.84 Å². The smallest absolute Gasteiger partial charge is 0.106 e. The van der Waals surface area contributed by atoms with Gasteiger partial charge in [0.1, 0.15) is 6.10 Å². The second kappa shape index (κ2) is 6.61. The molecule has 0 spiro atoms. The van der Waals surface area contributed by atoms with Gasteiger partial charge in [-0.2, -0.15) is 5.06 Å². The molecule has 0 aromatic heterocycles. The van der Waals surface area contributed by atoms with E-state index in [0.29, 0.717) is 0 Å². The van der Waals surface area contributed by atoms with Crippen molar-refractivity contribution in [1.82, 2.24) is 10.5 Å². The zero-order chi connectivity index (χ0) is 17.4. The summed E-state index contributed by atoms with van der Waals surface area (Å²) in [5.41, 5.74) is 10.6. The number of rotatable bonds is 2. The first-order chi connectivity index (χ1) is 12.1. The number of nitrogens with one attached hydrogen (secondary N) is 2. The molecule has 132 valence electrons. The lowest BCUT2D eigenvalue weighted by molar-refractivity contribution is -0.172. The van der Waals surface area contributed by atoms with Gasteiger partial charge in [-0.25, -0.2) is 5.43 Å². The Morgan fingerprint density at radius 1 is 1.16 bits per heavy atom. The van der Waals surface area contributed by atoms with Gasteiger partial charge in [-0.15, -0.1) is 0 Å². The van der Waals surface area contributed by atoms with Gasteiger partial charge in [0.05, 0.1) is 11.2 Å². The fourth-order valence-corrected chi connectivity index (χ4v) is 4.06. The largest absolute Gasteiger partial charge is 0.321 e. The zero-order valence-electron chi connectivity index (χ0n) is 14.6. The van der Waals surface area contributed by atoms with Crippen molar-refractivity contribution in [2.24, 2.45) is 0 Å². The van der Waals surface area contributed by atoms with E-state index >= 15 is 0 Å². The lowest BCUT2D eigenvalue weighted by Crippen LogP contribution is -2.56. The molecule has 3 atom stereocenters. The molecule has 4 nitrogen and oxygen atoms in total. The molecule has 1 saturated heterocycles. The van der Waals surface area contributed by atoms with Crippen LogP contribution in [0.15, 0.2) is 48.5 Å². The van der Waals surface area contributed by atoms with Crippen LogP contribution in [-0.4, -0.2) is 23.7 Å². The van der Waals surface area contributed by atoms with Crippen LogP contribution in [0.1, 0.15) is 37.0 Å². The molecule has 5 heteroatoms. The highest BCUT2D eigenvalue weighted by molar-refractivity contribution is 6.30. The average molecular weight is 358 g/mol. The fraction of sp³-hybridized carbons (Fsp3) is 0.400. The highest BCUT2D eigenvalue weighted by Crippen LogP contribution is 2.42. The quantitative estimate of drug-likeness (QED) is 0.838. The molecule has 1 fully saturated rings. The van der Waals surface area contributed by atoms with Crippen LogP contribution >= 0.6 is 11.6 Å². The minimum absolute atomic E-state index is 0.0553. The van der Waals surface area contributed by atoms with E-state index in [0.717, 1.165) is 24.3 Å². The number of fused-ring (bicyclic) bond motifs is 1. The molecule has 0 aliphatic carbocycles. The summed E-state index contributed by atoms with van der Waals surface area (Å²) in [4.78, 5) is 6.20. The second-order valence-corrected chi connectivity index (χ2v) is 7.66. The third-order valence-corrected chi connectivity index (χ3v) is 5.95. The van der Waals surface area contributed by atoms with Gasteiger partial charge in [-0.1, -0.05) is 41.9 Å². The van der Waals surface area contributed by atoms with Crippen LogP contribution in [0.25, 0.3) is 0 Å². The fourth-order valence-electron chi connectivity index (χ4n) is 3.93. The maximum atomic E-state index is 6.20. The van der Waals surface area contributed by atoms with Crippen molar-refractivity contribution in [3.63, 3.8) is 0 Å². The van der Waals surface area contributed by atoms with E-state index in [9.17, 15) is 0 Å². The Kier molecular flexibility index (Phi) is 4.46. The number of benzene rings is 2. The lowest BCUT2D eigenvalue weighted by Gasteiger charge is -2.37. The van der Waals surface area contributed by atoms with Crippen molar-refractivity contribution in [3.05, 3.63) is 64.7 Å². The molecule has 0 amide bonds. The standard InChI is InChI=1S/C20H24ClN3O/c1-20(19-12-9-14-5-3-4-6-17(14)22-23-19)13-18(25-24(20)2)15-7-10-16(21)11-8-15/h3-8,10-11,18-19,22-23H,9,12-13H2,1-2H3. The van der Waals surface area contributed by atoms with E-state index in [-0.39, 0.29) is 17.7 Å². The Labute approximate surface area is 154 Å². The SMILES string of the molecule is CN1OC(c2ccc(Cl)cc2)CC1(C)C1CCc2ccccc2NN1. The normalized spacial score (nSPS) is 29.7. The Bertz CT molecular complexity index is 724. The maximum Gasteiger partial charge on any atom is 0.106 e. The van der Waals surface area contributed by atoms with E-state index in [1.165, 1.54) is 16.8 Å². The van der Waals surface area contributed by atoms with Crippen LogP contribution in [0.3, 0.4) is 0 Å². The van der Waals surface area contributed by atoms with Gasteiger partial charge in [0.15, 0.2) is 0 Å². The Balaban J connectivity index is 1.52. The first-order valence-corrected chi connectivity index (χ1v) is 9.19. The van der Waals surface area contributed by atoms with Crippen molar-refractivity contribution in [1.29, 1.82) is 0 Å². The average Bonchev–Trinajstić information content (AvgIpc) is 2.81. The molecule has 4 rings (SSSR count). The van der Waals surface area contributed by atoms with Gasteiger partial charge in [-0.05, 0) is 49.1 Å². The van der Waals surface area contributed by atoms with E-state index in [4.69, 9.17) is 16.4 Å². The molecule has 2 N–H and O–H groups in total. The van der Waals surface area contributed by atoms with Crippen LogP contribution in [0.4, 0.5) is 5.69 Å². The third-order valence-electron chi connectivity index (χ3n) is 5.70. The Morgan fingerprint density at radius 3 is 2.72 bits per heavy atom. The molecule has 0 saturated carbocycles. The molecular weight excluding hydrogens is 334 g/mol. The molecule has 0 bridgehead atoms. The van der Waals surface area contributed by atoms with Gasteiger partial charge in [0.2, 0.25) is 0 Å². The van der Waals surface area contributed by atoms with Crippen molar-refractivity contribution < 1.29 is 4.84 Å². The summed E-state index contributed by atoms with van der Waals surface area (Å²) < 4.78 is 0. The minimum Gasteiger partial charge on any atom is -0.321 e. The highest BCUT2D eigenvalue weighted by Gasteiger charge is 2.47. The van der Waals surface area contributed by atoms with Crippen molar-refractivity contribution in [2.45, 2.75) is 43.9 Å². The lowest BCUT2D eigenvalue weighted by atomic mass is 9.83. The van der Waals surface area contributed by atoms with Gasteiger partial charge in [0.25, 0.3) is 0 Å². The number of hydrogen-bond donors (Lipinski definition) is 2. The first-order valence-electron chi connectivity index (χ1n) is 8.82. The zero-order valence-corrected chi connectivity index (χ0v) is 15.4. The Morgan fingerprint density at radius 2 is 1.92 bits per heavy atom. The number of likely N-dealkylation sites (N-methyl/N-ethyl adjacent to an activating group) is 1. The topological polar surface area (TPSA) is 36.5 Å². The van der Waals surface area contributed by atoms with Crippen LogP contribution in [0.2, 0.25) is 5.02 Å². The number of hydroxylamine groups is 2. The van der Waals surface area contributed by atoms with Gasteiger partial charge >= 0.3 is 0 Å². The molecule has 2 aliphatic rings. The van der Waals surface area contributed by atoms with Crippen molar-refractivity contribution in [2.75, 3.05) is 12.5 Å². The van der Waals surface area contributed by atoms with Crippen molar-refractivity contribution in [3.8, 4) is 0 Å². The number of nitrogens with zero attached hydrogens (tertiary/aromatic N) is 1. The van der Waals surface area contributed by atoms with Crippen molar-refractivity contribution >= 4 is 17.3 Å². The molecule has 2 aromatic carbocycles. The van der Waals surface area contributed by atoms with E-state index < -0.39 is 0 Å². The predicted octanol–water partition coefficient (Wildman–Crippen LogP) is 4.34. The van der Waals surface area contributed by atoms with Crippen LogP contribution in [-0.2, 0) is 11.3 Å². The number of hydrogen-bond acceptors (Lipinski definition) is 4. The number of halogens is 1. The molecule has 2 aromatic rings. The summed E-state index contributed by atoms with van der Waals surface area (Å²) in [5, 5.41) is 2.78. The molecule has 25 heavy (non-hydrogen) atoms. The third kappa shape index (κ3) is 3.15. The van der Waals surface area contributed by atoms with Crippen LogP contribution in [0.5, 0.6) is 0 Å². The number of anilines is 1. The number of hydrazine groups is 1. The van der Waals surface area contributed by atoms with E-state index in [1.807, 2.05) is 24.2 Å². The van der Waals surface area contributed by atoms with Gasteiger partial charge in [0, 0.05) is 24.5 Å². The number of aryl methyl sites for hydroxylation is 1. The van der Waals surface area contributed by atoms with E-state index in [2.05, 4.69) is 54.2 Å².